The first kappa shape index (κ1) is 9.97. The molecule has 3 rings (SSSR count). The van der Waals surface area contributed by atoms with Crippen LogP contribution in [0.3, 0.4) is 0 Å². The quantitative estimate of drug-likeness (QED) is 0.827. The van der Waals surface area contributed by atoms with Gasteiger partial charge in [0.25, 0.3) is 0 Å². The fourth-order valence-corrected chi connectivity index (χ4v) is 2.84. The average molecular weight is 219 g/mol. The van der Waals surface area contributed by atoms with Crippen molar-refractivity contribution < 1.29 is 9.47 Å². The van der Waals surface area contributed by atoms with Gasteiger partial charge in [-0.3, -0.25) is 0 Å². The molecule has 1 aliphatic heterocycles. The van der Waals surface area contributed by atoms with Crippen molar-refractivity contribution in [2.75, 3.05) is 13.3 Å². The van der Waals surface area contributed by atoms with Crippen LogP contribution in [0.15, 0.2) is 18.2 Å². The molecule has 3 nitrogen and oxygen atoms in total. The van der Waals surface area contributed by atoms with E-state index >= 15 is 0 Å². The second-order valence-corrected chi connectivity index (χ2v) is 4.87. The van der Waals surface area contributed by atoms with Gasteiger partial charge in [0.05, 0.1) is 0 Å². The largest absolute Gasteiger partial charge is 0.454 e. The first-order valence-corrected chi connectivity index (χ1v) is 5.86. The predicted molar refractivity (Wildman–Crippen MR) is 61.7 cm³/mol. The van der Waals surface area contributed by atoms with E-state index in [-0.39, 0.29) is 5.41 Å². The molecule has 0 bridgehead atoms. The summed E-state index contributed by atoms with van der Waals surface area (Å²) in [6, 6.07) is 6.24. The van der Waals surface area contributed by atoms with Gasteiger partial charge in [-0.15, -0.1) is 0 Å². The van der Waals surface area contributed by atoms with Gasteiger partial charge < -0.3 is 15.2 Å². The van der Waals surface area contributed by atoms with Crippen molar-refractivity contribution in [3.63, 3.8) is 0 Å². The van der Waals surface area contributed by atoms with Gasteiger partial charge >= 0.3 is 0 Å². The molecule has 3 heteroatoms. The Kier molecular flexibility index (Phi) is 2.11. The molecule has 2 atom stereocenters. The first-order chi connectivity index (χ1) is 7.76. The van der Waals surface area contributed by atoms with Crippen molar-refractivity contribution in [1.82, 2.24) is 0 Å². The van der Waals surface area contributed by atoms with Gasteiger partial charge in [-0.1, -0.05) is 13.0 Å². The third-order valence-corrected chi connectivity index (χ3v) is 4.28. The molecule has 1 aliphatic carbocycles. The smallest absolute Gasteiger partial charge is 0.231 e. The lowest BCUT2D eigenvalue weighted by Crippen LogP contribution is -2.48. The van der Waals surface area contributed by atoms with Crippen molar-refractivity contribution in [1.29, 1.82) is 0 Å². The van der Waals surface area contributed by atoms with Crippen LogP contribution in [-0.2, 0) is 5.41 Å². The van der Waals surface area contributed by atoms with E-state index < -0.39 is 0 Å². The maximum absolute atomic E-state index is 5.96. The van der Waals surface area contributed by atoms with E-state index in [1.165, 1.54) is 18.4 Å². The molecule has 1 aromatic rings. The summed E-state index contributed by atoms with van der Waals surface area (Å²) < 4.78 is 10.7. The van der Waals surface area contributed by atoms with Crippen molar-refractivity contribution in [3.8, 4) is 11.5 Å². The highest BCUT2D eigenvalue weighted by molar-refractivity contribution is 5.47. The number of benzene rings is 1. The topological polar surface area (TPSA) is 44.5 Å². The molecule has 2 aliphatic rings. The van der Waals surface area contributed by atoms with Gasteiger partial charge in [-0.05, 0) is 36.5 Å². The Labute approximate surface area is 95.5 Å². The summed E-state index contributed by atoms with van der Waals surface area (Å²) in [5, 5.41) is 0. The Balaban J connectivity index is 2.00. The zero-order valence-electron chi connectivity index (χ0n) is 9.53. The molecule has 2 unspecified atom stereocenters. The van der Waals surface area contributed by atoms with Gasteiger partial charge in [0.2, 0.25) is 6.79 Å². The number of hydrogen-bond donors (Lipinski definition) is 1. The molecule has 0 saturated heterocycles. The lowest BCUT2D eigenvalue weighted by molar-refractivity contribution is 0.145. The molecular formula is C13H17NO2. The Bertz CT molecular complexity index is 414. The Morgan fingerprint density at radius 3 is 2.81 bits per heavy atom. The fraction of sp³-hybridized carbons (Fsp3) is 0.538. The molecule has 1 heterocycles. The number of rotatable bonds is 2. The molecule has 0 radical (unpaired) electrons. The van der Waals surface area contributed by atoms with Gasteiger partial charge in [0.15, 0.2) is 11.5 Å². The normalized spacial score (nSPS) is 31.2. The van der Waals surface area contributed by atoms with Crippen LogP contribution in [0.4, 0.5) is 0 Å². The Morgan fingerprint density at radius 2 is 2.19 bits per heavy atom. The van der Waals surface area contributed by atoms with Gasteiger partial charge in [-0.2, -0.15) is 0 Å². The van der Waals surface area contributed by atoms with E-state index in [0.29, 0.717) is 19.3 Å². The van der Waals surface area contributed by atoms with Crippen LogP contribution in [0.2, 0.25) is 0 Å². The van der Waals surface area contributed by atoms with E-state index in [2.05, 4.69) is 19.1 Å². The lowest BCUT2D eigenvalue weighted by Gasteiger charge is -2.48. The molecule has 1 aromatic carbocycles. The van der Waals surface area contributed by atoms with E-state index in [0.717, 1.165) is 11.5 Å². The molecule has 86 valence electrons. The number of nitrogens with two attached hydrogens (primary N) is 1. The molecule has 0 aromatic heterocycles. The second kappa shape index (κ2) is 3.39. The maximum Gasteiger partial charge on any atom is 0.231 e. The second-order valence-electron chi connectivity index (χ2n) is 4.87. The number of ether oxygens (including phenoxy) is 2. The molecule has 1 fully saturated rings. The van der Waals surface area contributed by atoms with Gasteiger partial charge in [-0.25, -0.2) is 0 Å². The van der Waals surface area contributed by atoms with Gasteiger partial charge in [0.1, 0.15) is 0 Å². The van der Waals surface area contributed by atoms with Crippen LogP contribution >= 0.6 is 0 Å². The molecule has 16 heavy (non-hydrogen) atoms. The average Bonchev–Trinajstić information content (AvgIpc) is 2.76. The van der Waals surface area contributed by atoms with Crippen molar-refractivity contribution in [3.05, 3.63) is 23.8 Å². The SMILES string of the molecule is CC1CCC1(CN)c1ccc2c(c1)OCO2. The van der Waals surface area contributed by atoms with Crippen molar-refractivity contribution in [2.45, 2.75) is 25.2 Å². The number of hydrogen-bond acceptors (Lipinski definition) is 3. The summed E-state index contributed by atoms with van der Waals surface area (Å²) in [5.74, 6) is 2.38. The van der Waals surface area contributed by atoms with Crippen LogP contribution in [0.5, 0.6) is 11.5 Å². The van der Waals surface area contributed by atoms with Crippen LogP contribution in [0.25, 0.3) is 0 Å². The van der Waals surface area contributed by atoms with Crippen LogP contribution < -0.4 is 15.2 Å². The monoisotopic (exact) mass is 219 g/mol. The maximum atomic E-state index is 5.96. The van der Waals surface area contributed by atoms with Crippen LogP contribution in [-0.4, -0.2) is 13.3 Å². The van der Waals surface area contributed by atoms with Crippen molar-refractivity contribution >= 4 is 0 Å². The fourth-order valence-electron chi connectivity index (χ4n) is 2.84. The molecule has 0 spiro atoms. The minimum atomic E-state index is 0.168. The summed E-state index contributed by atoms with van der Waals surface area (Å²) in [6.45, 7) is 3.33. The highest BCUT2D eigenvalue weighted by atomic mass is 16.7. The summed E-state index contributed by atoms with van der Waals surface area (Å²) in [6.07, 6.45) is 2.45. The Hall–Kier alpha value is -1.22. The summed E-state index contributed by atoms with van der Waals surface area (Å²) in [5.41, 5.74) is 7.44. The lowest BCUT2D eigenvalue weighted by atomic mass is 9.57. The highest BCUT2D eigenvalue weighted by Gasteiger charge is 2.44. The molecular weight excluding hydrogens is 202 g/mol. The van der Waals surface area contributed by atoms with E-state index in [1.54, 1.807) is 0 Å². The minimum Gasteiger partial charge on any atom is -0.454 e. The van der Waals surface area contributed by atoms with E-state index in [1.807, 2.05) is 6.07 Å². The van der Waals surface area contributed by atoms with Gasteiger partial charge in [0, 0.05) is 12.0 Å². The van der Waals surface area contributed by atoms with Crippen molar-refractivity contribution in [2.24, 2.45) is 11.7 Å². The molecule has 1 saturated carbocycles. The third-order valence-electron chi connectivity index (χ3n) is 4.28. The van der Waals surface area contributed by atoms with Crippen LogP contribution in [0, 0.1) is 5.92 Å². The minimum absolute atomic E-state index is 0.168. The third kappa shape index (κ3) is 1.18. The molecule has 2 N–H and O–H groups in total. The predicted octanol–water partition coefficient (Wildman–Crippen LogP) is 2.04. The number of fused-ring (bicyclic) bond motifs is 1. The van der Waals surface area contributed by atoms with Crippen LogP contribution in [0.1, 0.15) is 25.3 Å². The standard InChI is InChI=1S/C13H17NO2/c1-9-4-5-13(9,7-14)10-2-3-11-12(6-10)16-8-15-11/h2-3,6,9H,4-5,7-8,14H2,1H3. The molecule has 0 amide bonds. The Morgan fingerprint density at radius 1 is 1.38 bits per heavy atom. The first-order valence-electron chi connectivity index (χ1n) is 5.86. The summed E-state index contributed by atoms with van der Waals surface area (Å²) >= 11 is 0. The van der Waals surface area contributed by atoms with E-state index in [9.17, 15) is 0 Å². The highest BCUT2D eigenvalue weighted by Crippen LogP contribution is 2.49. The zero-order chi connectivity index (χ0) is 11.2. The summed E-state index contributed by atoms with van der Waals surface area (Å²) in [4.78, 5) is 0. The zero-order valence-corrected chi connectivity index (χ0v) is 9.53. The van der Waals surface area contributed by atoms with E-state index in [4.69, 9.17) is 15.2 Å². The summed E-state index contributed by atoms with van der Waals surface area (Å²) in [7, 11) is 0.